The Balaban J connectivity index is 1.82. The fourth-order valence-electron chi connectivity index (χ4n) is 2.27. The van der Waals surface area contributed by atoms with Crippen LogP contribution in [0.2, 0.25) is 0 Å². The Morgan fingerprint density at radius 3 is 2.54 bits per heavy atom. The topological polar surface area (TPSA) is 93.7 Å². The molecular formula is C19H15N5O2. The molecule has 128 valence electrons. The average molecular weight is 345 g/mol. The number of carbonyl (C=O) groups is 1. The zero-order chi connectivity index (χ0) is 18.4. The molecule has 0 unspecified atom stereocenters. The number of hydrogen-bond donors (Lipinski definition) is 0. The summed E-state index contributed by atoms with van der Waals surface area (Å²) in [5.41, 5.74) is 2.37. The van der Waals surface area contributed by atoms with Crippen molar-refractivity contribution in [2.75, 3.05) is 0 Å². The Morgan fingerprint density at radius 2 is 1.92 bits per heavy atom. The van der Waals surface area contributed by atoms with Crippen molar-refractivity contribution in [3.63, 3.8) is 0 Å². The van der Waals surface area contributed by atoms with Crippen LogP contribution < -0.4 is 0 Å². The molecule has 0 saturated heterocycles. The SMILES string of the molecule is Cc1nnnn1/C(=C\c1ccccc1)C(=O)OCc1ccc(C#N)cc1. The number of nitrogens with zero attached hydrogens (tertiary/aromatic N) is 5. The quantitative estimate of drug-likeness (QED) is 0.521. The first-order valence-corrected chi connectivity index (χ1v) is 7.85. The van der Waals surface area contributed by atoms with Gasteiger partial charge >= 0.3 is 5.97 Å². The number of benzene rings is 2. The normalized spacial score (nSPS) is 11.0. The van der Waals surface area contributed by atoms with Crippen LogP contribution >= 0.6 is 0 Å². The van der Waals surface area contributed by atoms with Gasteiger partial charge in [0.2, 0.25) is 0 Å². The molecule has 26 heavy (non-hydrogen) atoms. The molecule has 0 amide bonds. The molecule has 7 heteroatoms. The molecular weight excluding hydrogens is 330 g/mol. The van der Waals surface area contributed by atoms with Gasteiger partial charge in [0.15, 0.2) is 11.5 Å². The summed E-state index contributed by atoms with van der Waals surface area (Å²) in [6.07, 6.45) is 1.67. The highest BCUT2D eigenvalue weighted by molar-refractivity contribution is 6.15. The fourth-order valence-corrected chi connectivity index (χ4v) is 2.27. The molecule has 0 bridgehead atoms. The lowest BCUT2D eigenvalue weighted by molar-refractivity contribution is -0.138. The zero-order valence-electron chi connectivity index (χ0n) is 14.0. The van der Waals surface area contributed by atoms with Crippen molar-refractivity contribution in [1.82, 2.24) is 20.2 Å². The second kappa shape index (κ2) is 7.85. The van der Waals surface area contributed by atoms with Gasteiger partial charge in [0, 0.05) is 0 Å². The molecule has 0 atom stereocenters. The van der Waals surface area contributed by atoms with Crippen LogP contribution in [0.5, 0.6) is 0 Å². The van der Waals surface area contributed by atoms with E-state index in [1.54, 1.807) is 37.3 Å². The van der Waals surface area contributed by atoms with Gasteiger partial charge in [-0.2, -0.15) is 9.94 Å². The summed E-state index contributed by atoms with van der Waals surface area (Å²) in [6.45, 7) is 1.78. The molecule has 1 heterocycles. The molecule has 7 nitrogen and oxygen atoms in total. The Labute approximate surface area is 150 Å². The minimum absolute atomic E-state index is 0.0812. The van der Waals surface area contributed by atoms with E-state index in [1.165, 1.54) is 4.68 Å². The summed E-state index contributed by atoms with van der Waals surface area (Å²) in [5, 5.41) is 20.1. The lowest BCUT2D eigenvalue weighted by Gasteiger charge is -2.09. The maximum atomic E-state index is 12.6. The minimum atomic E-state index is -0.548. The number of aromatic nitrogens is 4. The second-order valence-corrected chi connectivity index (χ2v) is 5.46. The van der Waals surface area contributed by atoms with Gasteiger partial charge < -0.3 is 4.74 Å². The van der Waals surface area contributed by atoms with Gasteiger partial charge in [-0.1, -0.05) is 42.5 Å². The number of carbonyl (C=O) groups excluding carboxylic acids is 1. The first kappa shape index (κ1) is 17.0. The highest BCUT2D eigenvalue weighted by atomic mass is 16.5. The Bertz CT molecular complexity index is 969. The highest BCUT2D eigenvalue weighted by Crippen LogP contribution is 2.15. The summed E-state index contributed by atoms with van der Waals surface area (Å²) in [5.74, 6) is -0.0730. The third-order valence-electron chi connectivity index (χ3n) is 3.62. The smallest absolute Gasteiger partial charge is 0.357 e. The van der Waals surface area contributed by atoms with Crippen LogP contribution in [-0.2, 0) is 16.1 Å². The van der Waals surface area contributed by atoms with Crippen molar-refractivity contribution < 1.29 is 9.53 Å². The van der Waals surface area contributed by atoms with Crippen LogP contribution in [-0.4, -0.2) is 26.2 Å². The number of tetrazole rings is 1. The number of rotatable bonds is 5. The zero-order valence-corrected chi connectivity index (χ0v) is 14.0. The Morgan fingerprint density at radius 1 is 1.19 bits per heavy atom. The molecule has 0 radical (unpaired) electrons. The van der Waals surface area contributed by atoms with Crippen LogP contribution in [0.4, 0.5) is 0 Å². The molecule has 2 aromatic carbocycles. The summed E-state index contributed by atoms with van der Waals surface area (Å²) >= 11 is 0. The van der Waals surface area contributed by atoms with E-state index >= 15 is 0 Å². The van der Waals surface area contributed by atoms with E-state index in [1.807, 2.05) is 36.4 Å². The molecule has 0 aliphatic heterocycles. The molecule has 1 aromatic heterocycles. The van der Waals surface area contributed by atoms with Gasteiger partial charge in [-0.25, -0.2) is 4.79 Å². The van der Waals surface area contributed by atoms with Crippen molar-refractivity contribution in [2.45, 2.75) is 13.5 Å². The van der Waals surface area contributed by atoms with E-state index in [4.69, 9.17) is 10.00 Å². The van der Waals surface area contributed by atoms with Crippen molar-refractivity contribution in [2.24, 2.45) is 0 Å². The van der Waals surface area contributed by atoms with E-state index in [0.717, 1.165) is 11.1 Å². The van der Waals surface area contributed by atoms with Gasteiger partial charge in [-0.3, -0.25) is 0 Å². The molecule has 3 aromatic rings. The highest BCUT2D eigenvalue weighted by Gasteiger charge is 2.17. The minimum Gasteiger partial charge on any atom is -0.456 e. The molecule has 0 aliphatic rings. The standard InChI is InChI=1S/C19H15N5O2/c1-14-21-22-23-24(14)18(11-15-5-3-2-4-6-15)19(25)26-13-17-9-7-16(12-20)8-10-17/h2-11H,13H2,1H3/b18-11-. The predicted octanol–water partition coefficient (Wildman–Crippen LogP) is 2.59. The van der Waals surface area contributed by atoms with Crippen LogP contribution in [0.15, 0.2) is 54.6 Å². The molecule has 0 N–H and O–H groups in total. The number of aryl methyl sites for hydroxylation is 1. The molecule has 0 spiro atoms. The third-order valence-corrected chi connectivity index (χ3v) is 3.62. The molecule has 0 saturated carbocycles. The summed E-state index contributed by atoms with van der Waals surface area (Å²) < 4.78 is 6.75. The first-order chi connectivity index (χ1) is 12.7. The fraction of sp³-hybridized carbons (Fsp3) is 0.105. The number of hydrogen-bond acceptors (Lipinski definition) is 6. The van der Waals surface area contributed by atoms with Gasteiger partial charge in [-0.05, 0) is 46.7 Å². The van der Waals surface area contributed by atoms with Crippen LogP contribution in [0.25, 0.3) is 11.8 Å². The van der Waals surface area contributed by atoms with Crippen molar-refractivity contribution in [1.29, 1.82) is 5.26 Å². The summed E-state index contributed by atoms with van der Waals surface area (Å²) in [7, 11) is 0. The predicted molar refractivity (Wildman–Crippen MR) is 94.1 cm³/mol. The maximum Gasteiger partial charge on any atom is 0.357 e. The second-order valence-electron chi connectivity index (χ2n) is 5.46. The molecule has 3 rings (SSSR count). The third kappa shape index (κ3) is 3.99. The van der Waals surface area contributed by atoms with E-state index < -0.39 is 5.97 Å². The van der Waals surface area contributed by atoms with E-state index in [0.29, 0.717) is 11.4 Å². The van der Waals surface area contributed by atoms with Gasteiger partial charge in [-0.15, -0.1) is 5.10 Å². The van der Waals surface area contributed by atoms with Crippen LogP contribution in [0.3, 0.4) is 0 Å². The van der Waals surface area contributed by atoms with E-state index in [2.05, 4.69) is 15.5 Å². The van der Waals surface area contributed by atoms with Gasteiger partial charge in [0.25, 0.3) is 0 Å². The van der Waals surface area contributed by atoms with Gasteiger partial charge in [0.1, 0.15) is 6.61 Å². The lowest BCUT2D eigenvalue weighted by atomic mass is 10.1. The monoisotopic (exact) mass is 345 g/mol. The van der Waals surface area contributed by atoms with Gasteiger partial charge in [0.05, 0.1) is 11.6 Å². The Hall–Kier alpha value is -3.79. The number of ether oxygens (including phenoxy) is 1. The molecule has 0 aliphatic carbocycles. The summed E-state index contributed by atoms with van der Waals surface area (Å²) in [6, 6.07) is 18.3. The lowest BCUT2D eigenvalue weighted by Crippen LogP contribution is -2.15. The van der Waals surface area contributed by atoms with Crippen molar-refractivity contribution >= 4 is 17.7 Å². The number of nitriles is 1. The Kier molecular flexibility index (Phi) is 5.15. The van der Waals surface area contributed by atoms with Crippen LogP contribution in [0.1, 0.15) is 22.5 Å². The molecule has 0 fully saturated rings. The average Bonchev–Trinajstić information content (AvgIpc) is 3.11. The maximum absolute atomic E-state index is 12.6. The first-order valence-electron chi connectivity index (χ1n) is 7.85. The summed E-state index contributed by atoms with van der Waals surface area (Å²) in [4.78, 5) is 12.6. The number of esters is 1. The van der Waals surface area contributed by atoms with E-state index in [-0.39, 0.29) is 12.3 Å². The van der Waals surface area contributed by atoms with Crippen molar-refractivity contribution in [3.8, 4) is 6.07 Å². The largest absolute Gasteiger partial charge is 0.456 e. The van der Waals surface area contributed by atoms with Crippen LogP contribution in [0, 0.1) is 18.3 Å². The van der Waals surface area contributed by atoms with E-state index in [9.17, 15) is 4.79 Å². The van der Waals surface area contributed by atoms with Crippen molar-refractivity contribution in [3.05, 3.63) is 77.1 Å².